The fraction of sp³-hybridized carbons (Fsp3) is 0.0952. The second-order valence-electron chi connectivity index (χ2n) is 6.61. The Morgan fingerprint density at radius 2 is 1.91 bits per heavy atom. The monoisotopic (exact) mass is 504 g/mol. The minimum Gasteiger partial charge on any atom is -0.307 e. The van der Waals surface area contributed by atoms with E-state index in [9.17, 15) is 13.8 Å². The average Bonchev–Trinajstić information content (AvgIpc) is 3.21. The minimum atomic E-state index is -1.71. The maximum Gasteiger partial charge on any atom is 0.331 e. The third-order valence-corrected chi connectivity index (χ3v) is 7.87. The molecule has 2 heterocycles. The maximum absolute atomic E-state index is 13.1. The van der Waals surface area contributed by atoms with Crippen LogP contribution in [0.3, 0.4) is 0 Å². The topological polar surface area (TPSA) is 93.1 Å². The number of halogens is 1. The molecule has 2 amide bonds. The first-order valence-electron chi connectivity index (χ1n) is 9.28. The number of hydrogen-bond donors (Lipinski definition) is 2. The molecule has 11 heteroatoms. The van der Waals surface area contributed by atoms with Gasteiger partial charge in [0.05, 0.1) is 20.9 Å². The molecular formula is C21H17ClN4O3S3. The van der Waals surface area contributed by atoms with E-state index in [1.54, 1.807) is 55.1 Å². The molecule has 0 bridgehead atoms. The van der Waals surface area contributed by atoms with Crippen molar-refractivity contribution < 1.29 is 9.00 Å². The number of fused-ring (bicyclic) bond motifs is 1. The summed E-state index contributed by atoms with van der Waals surface area (Å²) in [4.78, 5) is 30.8. The number of carbonyl (C=O) groups excluding carboxylic acids is 1. The van der Waals surface area contributed by atoms with Crippen LogP contribution in [-0.4, -0.2) is 26.0 Å². The molecule has 2 aromatic heterocycles. The van der Waals surface area contributed by atoms with Crippen LogP contribution >= 0.6 is 34.7 Å². The zero-order valence-electron chi connectivity index (χ0n) is 16.9. The normalized spacial score (nSPS) is 12.0. The van der Waals surface area contributed by atoms with Crippen LogP contribution < -0.4 is 15.6 Å². The molecule has 0 aliphatic rings. The molecular weight excluding hydrogens is 488 g/mol. The van der Waals surface area contributed by atoms with Gasteiger partial charge in [0.2, 0.25) is 0 Å². The van der Waals surface area contributed by atoms with Gasteiger partial charge in [-0.25, -0.2) is 14.0 Å². The van der Waals surface area contributed by atoms with Crippen LogP contribution in [0.1, 0.15) is 5.82 Å². The molecule has 0 fully saturated rings. The van der Waals surface area contributed by atoms with Gasteiger partial charge in [0, 0.05) is 10.6 Å². The van der Waals surface area contributed by atoms with Gasteiger partial charge >= 0.3 is 6.03 Å². The Hall–Kier alpha value is -2.66. The predicted molar refractivity (Wildman–Crippen MR) is 132 cm³/mol. The fourth-order valence-electron chi connectivity index (χ4n) is 3.09. The SMILES string of the molecule is CSc1ccc2nc(C)n(-c3ccc(NC(=O)NS(=O)c4ccc(Cl)s4)cc3)c(=O)c2c1. The molecule has 0 radical (unpaired) electrons. The highest BCUT2D eigenvalue weighted by Gasteiger charge is 2.13. The van der Waals surface area contributed by atoms with Crippen LogP contribution in [0.25, 0.3) is 16.6 Å². The van der Waals surface area contributed by atoms with Gasteiger partial charge in [-0.05, 0) is 67.8 Å². The van der Waals surface area contributed by atoms with Crippen molar-refractivity contribution in [2.45, 2.75) is 16.0 Å². The number of carbonyl (C=O) groups is 1. The third kappa shape index (κ3) is 4.73. The highest BCUT2D eigenvalue weighted by atomic mass is 35.5. The van der Waals surface area contributed by atoms with Crippen molar-refractivity contribution in [3.63, 3.8) is 0 Å². The van der Waals surface area contributed by atoms with Crippen LogP contribution in [-0.2, 0) is 11.0 Å². The summed E-state index contributed by atoms with van der Waals surface area (Å²) >= 11 is 8.52. The molecule has 0 saturated carbocycles. The third-order valence-electron chi connectivity index (χ3n) is 4.54. The number of anilines is 1. The predicted octanol–water partition coefficient (Wildman–Crippen LogP) is 4.98. The molecule has 4 aromatic rings. The largest absolute Gasteiger partial charge is 0.331 e. The lowest BCUT2D eigenvalue weighted by molar-refractivity contribution is 0.257. The van der Waals surface area contributed by atoms with Crippen molar-refractivity contribution in [1.82, 2.24) is 14.3 Å². The number of amides is 2. The quantitative estimate of drug-likeness (QED) is 0.374. The molecule has 2 aromatic carbocycles. The number of benzene rings is 2. The highest BCUT2D eigenvalue weighted by Crippen LogP contribution is 2.24. The Morgan fingerprint density at radius 1 is 1.16 bits per heavy atom. The molecule has 2 N–H and O–H groups in total. The summed E-state index contributed by atoms with van der Waals surface area (Å²) in [7, 11) is -1.71. The molecule has 4 rings (SSSR count). The van der Waals surface area contributed by atoms with Crippen molar-refractivity contribution in [3.05, 3.63) is 75.1 Å². The molecule has 0 spiro atoms. The number of thiophene rings is 1. The average molecular weight is 505 g/mol. The first-order valence-corrected chi connectivity index (χ1v) is 12.8. The van der Waals surface area contributed by atoms with E-state index in [2.05, 4.69) is 15.0 Å². The van der Waals surface area contributed by atoms with Gasteiger partial charge in [0.1, 0.15) is 10.0 Å². The molecule has 0 aliphatic carbocycles. The van der Waals surface area contributed by atoms with E-state index in [4.69, 9.17) is 11.6 Å². The first kappa shape index (κ1) is 22.5. The van der Waals surface area contributed by atoms with Crippen molar-refractivity contribution in [1.29, 1.82) is 0 Å². The first-order chi connectivity index (χ1) is 15.4. The number of thioether (sulfide) groups is 1. The smallest absolute Gasteiger partial charge is 0.307 e. The summed E-state index contributed by atoms with van der Waals surface area (Å²) in [5, 5.41) is 3.17. The van der Waals surface area contributed by atoms with Crippen LogP contribution in [0.4, 0.5) is 10.5 Å². The van der Waals surface area contributed by atoms with Gasteiger partial charge < -0.3 is 5.32 Å². The summed E-state index contributed by atoms with van der Waals surface area (Å²) in [6.07, 6.45) is 1.95. The van der Waals surface area contributed by atoms with Crippen LogP contribution in [0.15, 0.2) is 68.5 Å². The van der Waals surface area contributed by atoms with Crippen LogP contribution in [0.5, 0.6) is 0 Å². The van der Waals surface area contributed by atoms with E-state index in [0.717, 1.165) is 16.2 Å². The van der Waals surface area contributed by atoms with Gasteiger partial charge in [0.15, 0.2) is 11.0 Å². The standard InChI is InChI=1S/C21H17ClN4O3S3/c1-12-23-17-8-7-15(30-2)11-16(17)20(27)26(12)14-5-3-13(4-6-14)24-21(28)25-32(29)19-10-9-18(22)31-19/h3-11H,1-2H3,(H2,24,25,28). The zero-order valence-corrected chi connectivity index (χ0v) is 20.1. The highest BCUT2D eigenvalue weighted by molar-refractivity contribution is 7.98. The molecule has 1 atom stereocenters. The summed E-state index contributed by atoms with van der Waals surface area (Å²) in [5.41, 5.74) is 1.60. The van der Waals surface area contributed by atoms with E-state index in [-0.39, 0.29) is 5.56 Å². The van der Waals surface area contributed by atoms with E-state index in [1.165, 1.54) is 4.57 Å². The Labute approximate surface area is 199 Å². The molecule has 0 aliphatic heterocycles. The lowest BCUT2D eigenvalue weighted by atomic mass is 10.2. The lowest BCUT2D eigenvalue weighted by Gasteiger charge is -2.12. The van der Waals surface area contributed by atoms with E-state index in [1.807, 2.05) is 24.5 Å². The van der Waals surface area contributed by atoms with Crippen LogP contribution in [0.2, 0.25) is 4.34 Å². The fourth-order valence-corrected chi connectivity index (χ4v) is 5.65. The van der Waals surface area contributed by atoms with Gasteiger partial charge in [-0.3, -0.25) is 14.1 Å². The number of hydrogen-bond acceptors (Lipinski definition) is 6. The van der Waals surface area contributed by atoms with Crippen molar-refractivity contribution in [2.75, 3.05) is 11.6 Å². The van der Waals surface area contributed by atoms with Gasteiger partial charge in [0.25, 0.3) is 5.56 Å². The zero-order chi connectivity index (χ0) is 22.8. The lowest BCUT2D eigenvalue weighted by Crippen LogP contribution is -2.30. The number of rotatable bonds is 5. The summed E-state index contributed by atoms with van der Waals surface area (Å²) in [6.45, 7) is 1.77. The number of nitrogens with one attached hydrogen (secondary N) is 2. The second kappa shape index (κ2) is 9.45. The van der Waals surface area contributed by atoms with Crippen molar-refractivity contribution >= 4 is 68.3 Å². The molecule has 1 unspecified atom stereocenters. The Kier molecular flexibility index (Phi) is 6.66. The number of nitrogens with zero attached hydrogens (tertiary/aromatic N) is 2. The van der Waals surface area contributed by atoms with E-state index in [0.29, 0.717) is 36.6 Å². The number of aryl methyl sites for hydroxylation is 1. The van der Waals surface area contributed by atoms with Gasteiger partial charge in [-0.2, -0.15) is 0 Å². The molecule has 32 heavy (non-hydrogen) atoms. The van der Waals surface area contributed by atoms with E-state index >= 15 is 0 Å². The summed E-state index contributed by atoms with van der Waals surface area (Å²) < 4.78 is 17.0. The molecule has 7 nitrogen and oxygen atoms in total. The second-order valence-corrected chi connectivity index (χ2v) is 10.6. The van der Waals surface area contributed by atoms with E-state index < -0.39 is 17.0 Å². The van der Waals surface area contributed by atoms with Crippen LogP contribution in [0, 0.1) is 6.92 Å². The number of urea groups is 1. The Morgan fingerprint density at radius 3 is 2.56 bits per heavy atom. The maximum atomic E-state index is 13.1. The number of aromatic nitrogens is 2. The molecule has 0 saturated heterocycles. The van der Waals surface area contributed by atoms with Crippen molar-refractivity contribution in [2.24, 2.45) is 0 Å². The minimum absolute atomic E-state index is 0.160. The van der Waals surface area contributed by atoms with Crippen molar-refractivity contribution in [3.8, 4) is 5.69 Å². The summed E-state index contributed by atoms with van der Waals surface area (Å²) in [5.74, 6) is 0.558. The van der Waals surface area contributed by atoms with Gasteiger partial charge in [-0.1, -0.05) is 11.6 Å². The Bertz CT molecular complexity index is 1400. The summed E-state index contributed by atoms with van der Waals surface area (Å²) in [6, 6.07) is 15.0. The Balaban J connectivity index is 1.54. The molecule has 164 valence electrons. The van der Waals surface area contributed by atoms with Gasteiger partial charge in [-0.15, -0.1) is 23.1 Å².